The van der Waals surface area contributed by atoms with E-state index >= 15 is 0 Å². The van der Waals surface area contributed by atoms with Gasteiger partial charge >= 0.3 is 6.01 Å². The molecule has 1 N–H and O–H groups in total. The predicted octanol–water partition coefficient (Wildman–Crippen LogP) is 2.37. The first kappa shape index (κ1) is 13.3. The Bertz CT molecular complexity index is 366. The molecule has 1 fully saturated rings. The average Bonchev–Trinajstić information content (AvgIpc) is 2.74. The zero-order valence-electron chi connectivity index (χ0n) is 11.6. The van der Waals surface area contributed by atoms with Crippen LogP contribution in [0, 0.1) is 5.92 Å². The molecule has 0 spiro atoms. The zero-order valence-corrected chi connectivity index (χ0v) is 11.6. The second-order valence-corrected chi connectivity index (χ2v) is 5.23. The van der Waals surface area contributed by atoms with Crippen LogP contribution in [0.2, 0.25) is 0 Å². The Morgan fingerprint density at radius 3 is 3.00 bits per heavy atom. The summed E-state index contributed by atoms with van der Waals surface area (Å²) < 4.78 is 5.77. The molecule has 1 saturated heterocycles. The van der Waals surface area contributed by atoms with Gasteiger partial charge < -0.3 is 14.6 Å². The fraction of sp³-hybridized carbons (Fsp3) is 0.846. The van der Waals surface area contributed by atoms with E-state index in [2.05, 4.69) is 34.3 Å². The minimum absolute atomic E-state index is 0.127. The van der Waals surface area contributed by atoms with Gasteiger partial charge in [-0.1, -0.05) is 18.9 Å². The molecule has 1 aliphatic rings. The molecule has 1 aromatic heterocycles. The van der Waals surface area contributed by atoms with Crippen molar-refractivity contribution < 1.29 is 4.42 Å². The van der Waals surface area contributed by atoms with Gasteiger partial charge in [-0.3, -0.25) is 0 Å². The molecule has 5 heteroatoms. The monoisotopic (exact) mass is 252 g/mol. The average molecular weight is 252 g/mol. The van der Waals surface area contributed by atoms with Crippen LogP contribution in [0.5, 0.6) is 0 Å². The first-order valence-electron chi connectivity index (χ1n) is 7.02. The van der Waals surface area contributed by atoms with Gasteiger partial charge in [-0.2, -0.15) is 0 Å². The molecule has 1 aromatic rings. The van der Waals surface area contributed by atoms with Crippen molar-refractivity contribution in [2.45, 2.75) is 46.1 Å². The van der Waals surface area contributed by atoms with Crippen molar-refractivity contribution in [2.24, 2.45) is 5.92 Å². The molecule has 2 atom stereocenters. The summed E-state index contributed by atoms with van der Waals surface area (Å²) in [5.74, 6) is 1.49. The molecular weight excluding hydrogens is 228 g/mol. The SMILES string of the molecule is CCNC(C)c1nnc(N2CCCC(C)CC2)o1. The van der Waals surface area contributed by atoms with E-state index < -0.39 is 0 Å². The van der Waals surface area contributed by atoms with Crippen LogP contribution in [0.15, 0.2) is 4.42 Å². The van der Waals surface area contributed by atoms with Gasteiger partial charge in [-0.25, -0.2) is 0 Å². The molecule has 0 aliphatic carbocycles. The molecule has 0 bridgehead atoms. The van der Waals surface area contributed by atoms with E-state index in [9.17, 15) is 0 Å². The lowest BCUT2D eigenvalue weighted by Crippen LogP contribution is -2.24. The van der Waals surface area contributed by atoms with Crippen molar-refractivity contribution in [3.05, 3.63) is 5.89 Å². The Morgan fingerprint density at radius 2 is 2.22 bits per heavy atom. The summed E-state index contributed by atoms with van der Waals surface area (Å²) in [4.78, 5) is 2.22. The van der Waals surface area contributed by atoms with Crippen LogP contribution in [-0.4, -0.2) is 29.8 Å². The van der Waals surface area contributed by atoms with E-state index in [0.717, 1.165) is 25.6 Å². The Kier molecular flexibility index (Phi) is 4.58. The van der Waals surface area contributed by atoms with Gasteiger partial charge in [0.2, 0.25) is 5.89 Å². The summed E-state index contributed by atoms with van der Waals surface area (Å²) in [6.07, 6.45) is 3.72. The van der Waals surface area contributed by atoms with Crippen LogP contribution in [-0.2, 0) is 0 Å². The van der Waals surface area contributed by atoms with Crippen molar-refractivity contribution >= 4 is 6.01 Å². The molecule has 18 heavy (non-hydrogen) atoms. The Labute approximate surface area is 109 Å². The lowest BCUT2D eigenvalue weighted by atomic mass is 10.0. The van der Waals surface area contributed by atoms with Gasteiger partial charge in [0.05, 0.1) is 6.04 Å². The van der Waals surface area contributed by atoms with Crippen LogP contribution in [0.25, 0.3) is 0 Å². The van der Waals surface area contributed by atoms with Crippen LogP contribution in [0.4, 0.5) is 6.01 Å². The molecule has 2 unspecified atom stereocenters. The van der Waals surface area contributed by atoms with E-state index in [1.165, 1.54) is 19.3 Å². The van der Waals surface area contributed by atoms with Gasteiger partial charge in [0, 0.05) is 13.1 Å². The summed E-state index contributed by atoms with van der Waals surface area (Å²) in [6, 6.07) is 0.811. The maximum atomic E-state index is 5.77. The highest BCUT2D eigenvalue weighted by molar-refractivity contribution is 5.24. The maximum Gasteiger partial charge on any atom is 0.318 e. The fourth-order valence-corrected chi connectivity index (χ4v) is 2.38. The predicted molar refractivity (Wildman–Crippen MR) is 71.6 cm³/mol. The van der Waals surface area contributed by atoms with Gasteiger partial charge in [0.1, 0.15) is 0 Å². The summed E-state index contributed by atoms with van der Waals surface area (Å²) in [6.45, 7) is 9.39. The summed E-state index contributed by atoms with van der Waals surface area (Å²) in [5.41, 5.74) is 0. The van der Waals surface area contributed by atoms with E-state index in [0.29, 0.717) is 11.9 Å². The third-order valence-electron chi connectivity index (χ3n) is 3.60. The Morgan fingerprint density at radius 1 is 1.39 bits per heavy atom. The van der Waals surface area contributed by atoms with E-state index in [1.54, 1.807) is 0 Å². The minimum atomic E-state index is 0.127. The lowest BCUT2D eigenvalue weighted by Gasteiger charge is -2.17. The zero-order chi connectivity index (χ0) is 13.0. The molecule has 0 saturated carbocycles. The van der Waals surface area contributed by atoms with Crippen LogP contribution < -0.4 is 10.2 Å². The van der Waals surface area contributed by atoms with Crippen molar-refractivity contribution in [1.29, 1.82) is 0 Å². The summed E-state index contributed by atoms with van der Waals surface area (Å²) in [5, 5.41) is 11.6. The van der Waals surface area contributed by atoms with E-state index in [4.69, 9.17) is 4.42 Å². The molecular formula is C13H24N4O. The quantitative estimate of drug-likeness (QED) is 0.891. The number of rotatable bonds is 4. The van der Waals surface area contributed by atoms with Crippen molar-refractivity contribution in [3.63, 3.8) is 0 Å². The third kappa shape index (κ3) is 3.22. The van der Waals surface area contributed by atoms with Crippen molar-refractivity contribution in [1.82, 2.24) is 15.5 Å². The fourth-order valence-electron chi connectivity index (χ4n) is 2.38. The lowest BCUT2D eigenvalue weighted by molar-refractivity contribution is 0.418. The smallest absolute Gasteiger partial charge is 0.318 e. The molecule has 0 aromatic carbocycles. The Balaban J connectivity index is 2.00. The minimum Gasteiger partial charge on any atom is -0.406 e. The van der Waals surface area contributed by atoms with E-state index in [-0.39, 0.29) is 6.04 Å². The number of hydrogen-bond acceptors (Lipinski definition) is 5. The second kappa shape index (κ2) is 6.18. The molecule has 0 amide bonds. The topological polar surface area (TPSA) is 54.2 Å². The maximum absolute atomic E-state index is 5.77. The van der Waals surface area contributed by atoms with Crippen molar-refractivity contribution in [3.8, 4) is 0 Å². The standard InChI is InChI=1S/C13H24N4O/c1-4-14-11(3)12-15-16-13(18-12)17-8-5-6-10(2)7-9-17/h10-11,14H,4-9H2,1-3H3. The van der Waals surface area contributed by atoms with Crippen LogP contribution >= 0.6 is 0 Å². The first-order valence-corrected chi connectivity index (χ1v) is 7.02. The van der Waals surface area contributed by atoms with Gasteiger partial charge in [0.15, 0.2) is 0 Å². The largest absolute Gasteiger partial charge is 0.406 e. The van der Waals surface area contributed by atoms with Crippen molar-refractivity contribution in [2.75, 3.05) is 24.5 Å². The third-order valence-corrected chi connectivity index (χ3v) is 3.60. The Hall–Kier alpha value is -1.10. The summed E-state index contributed by atoms with van der Waals surface area (Å²) >= 11 is 0. The number of nitrogens with one attached hydrogen (secondary N) is 1. The number of anilines is 1. The van der Waals surface area contributed by atoms with Gasteiger partial charge in [0.25, 0.3) is 0 Å². The summed E-state index contributed by atoms with van der Waals surface area (Å²) in [7, 11) is 0. The van der Waals surface area contributed by atoms with Crippen LogP contribution in [0.1, 0.15) is 52.0 Å². The molecule has 2 rings (SSSR count). The van der Waals surface area contributed by atoms with E-state index in [1.807, 2.05) is 6.92 Å². The number of hydrogen-bond donors (Lipinski definition) is 1. The molecule has 0 radical (unpaired) electrons. The molecule has 2 heterocycles. The molecule has 1 aliphatic heterocycles. The highest BCUT2D eigenvalue weighted by atomic mass is 16.4. The van der Waals surface area contributed by atoms with Crippen LogP contribution in [0.3, 0.4) is 0 Å². The molecule has 5 nitrogen and oxygen atoms in total. The normalized spacial score (nSPS) is 22.8. The van der Waals surface area contributed by atoms with Gasteiger partial charge in [-0.15, -0.1) is 5.10 Å². The first-order chi connectivity index (χ1) is 8.70. The highest BCUT2D eigenvalue weighted by Gasteiger charge is 2.20. The van der Waals surface area contributed by atoms with Gasteiger partial charge in [-0.05, 0) is 38.6 Å². The second-order valence-electron chi connectivity index (χ2n) is 5.23. The number of aromatic nitrogens is 2. The molecule has 102 valence electrons. The highest BCUT2D eigenvalue weighted by Crippen LogP contribution is 2.22. The number of nitrogens with zero attached hydrogens (tertiary/aromatic N) is 3.